The molecule has 172 valence electrons. The number of nitrogens with zero attached hydrogens (tertiary/aromatic N) is 2. The standard InChI is InChI=1S/C12H21NO2.C11H19NO3/c1-10-6-5-8-13(9-7-10)11(14)15-12(2,3)4;1-11(2,3)15-10(14)12-7-4-5-9(13)6-8-12/h1,5-9H2,2-4H3;4-8H2,1-3H3. The van der Waals surface area contributed by atoms with Gasteiger partial charge in [-0.3, -0.25) is 4.79 Å². The van der Waals surface area contributed by atoms with Gasteiger partial charge in [0.25, 0.3) is 0 Å². The summed E-state index contributed by atoms with van der Waals surface area (Å²) < 4.78 is 10.6. The molecule has 2 aliphatic rings. The molecule has 0 atom stereocenters. The maximum Gasteiger partial charge on any atom is 0.410 e. The van der Waals surface area contributed by atoms with Crippen molar-refractivity contribution in [3.8, 4) is 0 Å². The summed E-state index contributed by atoms with van der Waals surface area (Å²) in [4.78, 5) is 38.0. The summed E-state index contributed by atoms with van der Waals surface area (Å²) in [5, 5.41) is 0. The molecule has 0 spiro atoms. The molecule has 2 amide bonds. The van der Waals surface area contributed by atoms with Crippen molar-refractivity contribution in [1.29, 1.82) is 0 Å². The van der Waals surface area contributed by atoms with Crippen LogP contribution in [0.4, 0.5) is 9.59 Å². The lowest BCUT2D eigenvalue weighted by Gasteiger charge is -2.26. The van der Waals surface area contributed by atoms with Gasteiger partial charge in [0.05, 0.1) is 0 Å². The second-order valence-corrected chi connectivity index (χ2v) is 9.93. The normalized spacial score (nSPS) is 18.6. The number of hydrogen-bond acceptors (Lipinski definition) is 5. The minimum atomic E-state index is -0.465. The molecule has 0 saturated carbocycles. The SMILES string of the molecule is C=C1CCCN(C(=O)OC(C)(C)C)CC1.CC(C)(C)OC(=O)N1CCCC(=O)CC1. The molecule has 0 unspecified atom stereocenters. The first-order valence-electron chi connectivity index (χ1n) is 10.9. The Morgan fingerprint density at radius 3 is 1.63 bits per heavy atom. The molecule has 0 aromatic heterocycles. The maximum absolute atomic E-state index is 11.7. The Bertz CT molecular complexity index is 562. The molecule has 2 aliphatic heterocycles. The van der Waals surface area contributed by atoms with E-state index in [0.29, 0.717) is 25.9 Å². The van der Waals surface area contributed by atoms with Crippen molar-refractivity contribution >= 4 is 18.0 Å². The fourth-order valence-electron chi connectivity index (χ4n) is 3.03. The number of Topliss-reactive ketones (excluding diaryl/α,β-unsaturated/α-hetero) is 1. The van der Waals surface area contributed by atoms with Crippen LogP contribution in [0.1, 0.15) is 80.1 Å². The molecule has 7 heteroatoms. The maximum atomic E-state index is 11.7. The molecule has 30 heavy (non-hydrogen) atoms. The molecule has 0 aliphatic carbocycles. The first kappa shape index (κ1) is 26.0. The predicted molar refractivity (Wildman–Crippen MR) is 117 cm³/mol. The lowest BCUT2D eigenvalue weighted by Crippen LogP contribution is -2.37. The van der Waals surface area contributed by atoms with Crippen LogP contribution in [0.25, 0.3) is 0 Å². The molecule has 0 aromatic rings. The minimum absolute atomic E-state index is 0.197. The third-order valence-corrected chi connectivity index (χ3v) is 4.54. The van der Waals surface area contributed by atoms with E-state index >= 15 is 0 Å². The van der Waals surface area contributed by atoms with Crippen molar-refractivity contribution < 1.29 is 23.9 Å². The third-order valence-electron chi connectivity index (χ3n) is 4.54. The number of ketones is 1. The second-order valence-electron chi connectivity index (χ2n) is 9.93. The van der Waals surface area contributed by atoms with Crippen LogP contribution >= 0.6 is 0 Å². The van der Waals surface area contributed by atoms with E-state index in [4.69, 9.17) is 9.47 Å². The summed E-state index contributed by atoms with van der Waals surface area (Å²) in [6.07, 6.45) is 4.21. The summed E-state index contributed by atoms with van der Waals surface area (Å²) in [6, 6.07) is 0. The smallest absolute Gasteiger partial charge is 0.410 e. The predicted octanol–water partition coefficient (Wildman–Crippen LogP) is 4.94. The Morgan fingerprint density at radius 2 is 1.17 bits per heavy atom. The average molecular weight is 425 g/mol. The van der Waals surface area contributed by atoms with E-state index in [9.17, 15) is 14.4 Å². The molecular formula is C23H40N2O5. The molecule has 7 nitrogen and oxygen atoms in total. The van der Waals surface area contributed by atoms with E-state index in [0.717, 1.165) is 38.8 Å². The Hall–Kier alpha value is -2.05. The highest BCUT2D eigenvalue weighted by atomic mass is 16.6. The fraction of sp³-hybridized carbons (Fsp3) is 0.783. The minimum Gasteiger partial charge on any atom is -0.444 e. The molecule has 2 rings (SSSR count). The number of rotatable bonds is 0. The van der Waals surface area contributed by atoms with Crippen LogP contribution in [0.3, 0.4) is 0 Å². The van der Waals surface area contributed by atoms with Crippen molar-refractivity contribution in [2.24, 2.45) is 0 Å². The van der Waals surface area contributed by atoms with Crippen LogP contribution in [0.5, 0.6) is 0 Å². The molecule has 2 heterocycles. The zero-order valence-corrected chi connectivity index (χ0v) is 19.7. The third kappa shape index (κ3) is 11.2. The zero-order valence-electron chi connectivity index (χ0n) is 19.7. The lowest BCUT2D eigenvalue weighted by molar-refractivity contribution is -0.118. The van der Waals surface area contributed by atoms with Gasteiger partial charge in [-0.25, -0.2) is 9.59 Å². The van der Waals surface area contributed by atoms with Crippen LogP contribution in [0, 0.1) is 0 Å². The van der Waals surface area contributed by atoms with Crippen molar-refractivity contribution in [3.63, 3.8) is 0 Å². The fourth-order valence-corrected chi connectivity index (χ4v) is 3.03. The molecule has 0 aromatic carbocycles. The average Bonchev–Trinajstić information content (AvgIpc) is 2.92. The quantitative estimate of drug-likeness (QED) is 0.515. The van der Waals surface area contributed by atoms with Gasteiger partial charge in [-0.05, 0) is 67.2 Å². The van der Waals surface area contributed by atoms with E-state index in [1.807, 2.05) is 41.5 Å². The molecular weight excluding hydrogens is 384 g/mol. The van der Waals surface area contributed by atoms with Gasteiger partial charge in [-0.2, -0.15) is 0 Å². The molecule has 2 fully saturated rings. The largest absolute Gasteiger partial charge is 0.444 e. The lowest BCUT2D eigenvalue weighted by atomic mass is 10.1. The van der Waals surface area contributed by atoms with Crippen molar-refractivity contribution in [1.82, 2.24) is 9.80 Å². The van der Waals surface area contributed by atoms with Gasteiger partial charge in [0.1, 0.15) is 17.0 Å². The number of amides is 2. The number of carbonyl (C=O) groups is 3. The summed E-state index contributed by atoms with van der Waals surface area (Å²) in [6.45, 7) is 17.8. The highest BCUT2D eigenvalue weighted by Gasteiger charge is 2.24. The summed E-state index contributed by atoms with van der Waals surface area (Å²) in [5.41, 5.74) is 0.370. The number of likely N-dealkylation sites (tertiary alicyclic amines) is 2. The van der Waals surface area contributed by atoms with Crippen molar-refractivity contribution in [2.75, 3.05) is 26.2 Å². The molecule has 0 N–H and O–H groups in total. The first-order valence-corrected chi connectivity index (χ1v) is 10.9. The Labute approximate surface area is 181 Å². The van der Waals surface area contributed by atoms with Crippen LogP contribution < -0.4 is 0 Å². The van der Waals surface area contributed by atoms with Crippen LogP contribution in [0.2, 0.25) is 0 Å². The molecule has 2 saturated heterocycles. The molecule has 0 radical (unpaired) electrons. The van der Waals surface area contributed by atoms with Gasteiger partial charge in [0.2, 0.25) is 0 Å². The van der Waals surface area contributed by atoms with Gasteiger partial charge >= 0.3 is 12.2 Å². The monoisotopic (exact) mass is 424 g/mol. The summed E-state index contributed by atoms with van der Waals surface area (Å²) in [7, 11) is 0. The van der Waals surface area contributed by atoms with E-state index in [2.05, 4.69) is 6.58 Å². The summed E-state index contributed by atoms with van der Waals surface area (Å²) >= 11 is 0. The van der Waals surface area contributed by atoms with Crippen LogP contribution in [-0.4, -0.2) is 65.2 Å². The number of carbonyl (C=O) groups excluding carboxylic acids is 3. The van der Waals surface area contributed by atoms with Crippen LogP contribution in [-0.2, 0) is 14.3 Å². The Morgan fingerprint density at radius 1 is 0.733 bits per heavy atom. The number of ether oxygens (including phenoxy) is 2. The summed E-state index contributed by atoms with van der Waals surface area (Å²) in [5.74, 6) is 0.237. The Kier molecular flexibility index (Phi) is 9.85. The van der Waals surface area contributed by atoms with E-state index in [1.54, 1.807) is 9.80 Å². The van der Waals surface area contributed by atoms with Gasteiger partial charge in [-0.15, -0.1) is 0 Å². The van der Waals surface area contributed by atoms with E-state index in [-0.39, 0.29) is 18.0 Å². The first-order chi connectivity index (χ1) is 13.8. The van der Waals surface area contributed by atoms with E-state index < -0.39 is 11.2 Å². The molecule has 0 bridgehead atoms. The van der Waals surface area contributed by atoms with Gasteiger partial charge in [-0.1, -0.05) is 12.2 Å². The highest BCUT2D eigenvalue weighted by Crippen LogP contribution is 2.17. The topological polar surface area (TPSA) is 76.2 Å². The van der Waals surface area contributed by atoms with E-state index in [1.165, 1.54) is 5.57 Å². The van der Waals surface area contributed by atoms with Gasteiger partial charge in [0.15, 0.2) is 0 Å². The number of hydrogen-bond donors (Lipinski definition) is 0. The second kappa shape index (κ2) is 11.4. The zero-order chi connectivity index (χ0) is 22.9. The Balaban J connectivity index is 0.000000300. The van der Waals surface area contributed by atoms with Crippen molar-refractivity contribution in [3.05, 3.63) is 12.2 Å². The van der Waals surface area contributed by atoms with Crippen LogP contribution in [0.15, 0.2) is 12.2 Å². The highest BCUT2D eigenvalue weighted by molar-refractivity contribution is 5.80. The van der Waals surface area contributed by atoms with Gasteiger partial charge < -0.3 is 19.3 Å². The van der Waals surface area contributed by atoms with Crippen molar-refractivity contribution in [2.45, 2.75) is 91.3 Å². The van der Waals surface area contributed by atoms with Gasteiger partial charge in [0, 0.05) is 39.0 Å².